The van der Waals surface area contributed by atoms with Crippen molar-refractivity contribution in [1.29, 1.82) is 0 Å². The molecular weight excluding hydrogens is 223 g/mol. The van der Waals surface area contributed by atoms with Gasteiger partial charge in [0.2, 0.25) is 0 Å². The van der Waals surface area contributed by atoms with Crippen LogP contribution in [0.2, 0.25) is 0 Å². The van der Waals surface area contributed by atoms with Crippen molar-refractivity contribution in [2.75, 3.05) is 0 Å². The van der Waals surface area contributed by atoms with Gasteiger partial charge < -0.3 is 5.11 Å². The minimum Gasteiger partial charge on any atom is -0.478 e. The molecule has 0 bridgehead atoms. The van der Waals surface area contributed by atoms with Crippen molar-refractivity contribution >= 4 is 5.97 Å². The molecule has 88 valence electrons. The summed E-state index contributed by atoms with van der Waals surface area (Å²) in [6.07, 6.45) is 0. The number of carboxylic acids is 1. The van der Waals surface area contributed by atoms with E-state index in [1.165, 1.54) is 35.9 Å². The first-order chi connectivity index (χ1) is 9.21. The maximum atomic E-state index is 12.9. The Bertz CT molecular complexity index is 663. The second-order valence-corrected chi connectivity index (χ2v) is 3.50. The lowest BCUT2D eigenvalue weighted by Crippen LogP contribution is -2.02. The van der Waals surface area contributed by atoms with Crippen LogP contribution in [-0.2, 0) is 0 Å². The van der Waals surface area contributed by atoms with Gasteiger partial charge in [0.05, 0.1) is 17.1 Å². The van der Waals surface area contributed by atoms with Crippen LogP contribution in [0.5, 0.6) is 0 Å². The largest absolute Gasteiger partial charge is 0.478 e. The number of halogens is 1. The number of hydrogen-bond donors (Lipinski definition) is 1. The molecule has 17 heavy (non-hydrogen) atoms. The van der Waals surface area contributed by atoms with Crippen LogP contribution in [-0.4, -0.2) is 20.9 Å². The van der Waals surface area contributed by atoms with E-state index < -0.39 is 24.3 Å². The smallest absolute Gasteiger partial charge is 0.339 e. The number of rotatable bonds is 2. The summed E-state index contributed by atoms with van der Waals surface area (Å²) in [7, 11) is 0. The molecule has 1 aromatic carbocycles. The summed E-state index contributed by atoms with van der Waals surface area (Å²) >= 11 is 0. The van der Waals surface area contributed by atoms with Crippen LogP contribution in [0.4, 0.5) is 4.39 Å². The highest BCUT2D eigenvalue weighted by atomic mass is 19.1. The van der Waals surface area contributed by atoms with Crippen molar-refractivity contribution in [2.45, 2.75) is 13.8 Å². The minimum absolute atomic E-state index is 0.176. The SMILES string of the molecule is [2H]C([2H])([2H])c1nn(-c2ccc(F)cc2)c(C)c1C(=O)O. The van der Waals surface area contributed by atoms with Gasteiger partial charge in [0.1, 0.15) is 11.4 Å². The Morgan fingerprint density at radius 3 is 2.59 bits per heavy atom. The number of carbonyl (C=O) groups is 1. The van der Waals surface area contributed by atoms with Crippen molar-refractivity contribution in [2.24, 2.45) is 0 Å². The Kier molecular flexibility index (Phi) is 1.89. The maximum Gasteiger partial charge on any atom is 0.339 e. The van der Waals surface area contributed by atoms with E-state index in [2.05, 4.69) is 5.10 Å². The van der Waals surface area contributed by atoms with E-state index in [1.807, 2.05) is 0 Å². The van der Waals surface area contributed by atoms with Gasteiger partial charge in [0, 0.05) is 4.11 Å². The lowest BCUT2D eigenvalue weighted by atomic mass is 10.2. The normalized spacial score (nSPS) is 13.9. The van der Waals surface area contributed by atoms with Crippen LogP contribution in [0.15, 0.2) is 24.3 Å². The van der Waals surface area contributed by atoms with E-state index in [0.717, 1.165) is 0 Å². The molecule has 0 saturated heterocycles. The fourth-order valence-electron chi connectivity index (χ4n) is 1.59. The van der Waals surface area contributed by atoms with Gasteiger partial charge in [-0.15, -0.1) is 0 Å². The van der Waals surface area contributed by atoms with Crippen molar-refractivity contribution in [3.05, 3.63) is 47.0 Å². The van der Waals surface area contributed by atoms with Gasteiger partial charge in [-0.2, -0.15) is 5.10 Å². The molecule has 2 rings (SSSR count). The molecule has 0 radical (unpaired) electrons. The number of carboxylic acid groups (broad SMARTS) is 1. The molecule has 5 heteroatoms. The van der Waals surface area contributed by atoms with E-state index in [1.54, 1.807) is 0 Å². The molecule has 1 N–H and O–H groups in total. The van der Waals surface area contributed by atoms with Crippen LogP contribution < -0.4 is 0 Å². The zero-order chi connectivity index (χ0) is 15.1. The Morgan fingerprint density at radius 2 is 2.12 bits per heavy atom. The fourth-order valence-corrected chi connectivity index (χ4v) is 1.59. The molecule has 2 aromatic rings. The molecule has 1 heterocycles. The highest BCUT2D eigenvalue weighted by Crippen LogP contribution is 2.18. The van der Waals surface area contributed by atoms with E-state index in [0.29, 0.717) is 5.69 Å². The first kappa shape index (κ1) is 8.00. The molecule has 1 aromatic heterocycles. The Morgan fingerprint density at radius 1 is 1.47 bits per heavy atom. The number of aromatic nitrogens is 2. The number of nitrogens with zero attached hydrogens (tertiary/aromatic N) is 2. The number of benzene rings is 1. The zero-order valence-electron chi connectivity index (χ0n) is 11.9. The van der Waals surface area contributed by atoms with Crippen molar-refractivity contribution in [1.82, 2.24) is 9.78 Å². The summed E-state index contributed by atoms with van der Waals surface area (Å²) in [5.41, 5.74) is -0.265. The number of hydrogen-bond acceptors (Lipinski definition) is 2. The van der Waals surface area contributed by atoms with Gasteiger partial charge in [0.25, 0.3) is 0 Å². The third-order valence-electron chi connectivity index (χ3n) is 2.40. The molecule has 4 nitrogen and oxygen atoms in total. The summed E-state index contributed by atoms with van der Waals surface area (Å²) in [6.45, 7) is -1.18. The summed E-state index contributed by atoms with van der Waals surface area (Å²) < 4.78 is 36.1. The highest BCUT2D eigenvalue weighted by molar-refractivity contribution is 5.90. The first-order valence-electron chi connectivity index (χ1n) is 6.31. The molecule has 0 fully saturated rings. The molecular formula is C12H11FN2O2. The summed E-state index contributed by atoms with van der Waals surface area (Å²) in [5.74, 6) is -1.81. The Balaban J connectivity index is 2.67. The van der Waals surface area contributed by atoms with Gasteiger partial charge in [-0.1, -0.05) is 0 Å². The van der Waals surface area contributed by atoms with Crippen molar-refractivity contribution < 1.29 is 18.4 Å². The van der Waals surface area contributed by atoms with Crippen LogP contribution in [0, 0.1) is 19.6 Å². The maximum absolute atomic E-state index is 12.9. The molecule has 0 aliphatic carbocycles. The van der Waals surface area contributed by atoms with Gasteiger partial charge >= 0.3 is 5.97 Å². The summed E-state index contributed by atoms with van der Waals surface area (Å²) in [5, 5.41) is 13.0. The second kappa shape index (κ2) is 4.01. The average Bonchev–Trinajstić information content (AvgIpc) is 2.68. The fraction of sp³-hybridized carbons (Fsp3) is 0.167. The lowest BCUT2D eigenvalue weighted by molar-refractivity contribution is 0.0695. The van der Waals surface area contributed by atoms with Gasteiger partial charge in [-0.25, -0.2) is 13.9 Å². The summed E-state index contributed by atoms with van der Waals surface area (Å²) in [4.78, 5) is 11.2. The molecule has 0 spiro atoms. The van der Waals surface area contributed by atoms with Gasteiger partial charge in [-0.05, 0) is 38.0 Å². The van der Waals surface area contributed by atoms with Crippen LogP contribution in [0.1, 0.15) is 25.9 Å². The minimum atomic E-state index is -2.64. The van der Waals surface area contributed by atoms with E-state index in [9.17, 15) is 9.18 Å². The molecule has 0 saturated carbocycles. The first-order valence-corrected chi connectivity index (χ1v) is 4.81. The lowest BCUT2D eigenvalue weighted by Gasteiger charge is -2.03. The predicted octanol–water partition coefficient (Wildman–Crippen LogP) is 2.33. The van der Waals surface area contributed by atoms with Crippen molar-refractivity contribution in [3.8, 4) is 5.69 Å². The van der Waals surface area contributed by atoms with E-state index in [4.69, 9.17) is 9.22 Å². The Hall–Kier alpha value is -2.17. The monoisotopic (exact) mass is 237 g/mol. The molecule has 0 aliphatic rings. The molecule has 0 aliphatic heterocycles. The highest BCUT2D eigenvalue weighted by Gasteiger charge is 2.18. The number of aryl methyl sites for hydroxylation is 1. The van der Waals surface area contributed by atoms with Crippen LogP contribution in [0.3, 0.4) is 0 Å². The zero-order valence-corrected chi connectivity index (χ0v) is 8.94. The van der Waals surface area contributed by atoms with Crippen molar-refractivity contribution in [3.63, 3.8) is 0 Å². The molecule has 0 atom stereocenters. The van der Waals surface area contributed by atoms with E-state index >= 15 is 0 Å². The Labute approximate surface area is 102 Å². The standard InChI is InChI=1S/C12H11FN2O2/c1-7-11(12(16)17)8(2)15(14-7)10-5-3-9(13)4-6-10/h3-6H,1-2H3,(H,16,17)/i1D3. The third kappa shape index (κ3) is 1.91. The predicted molar refractivity (Wildman–Crippen MR) is 60.0 cm³/mol. The summed E-state index contributed by atoms with van der Waals surface area (Å²) in [6, 6.07) is 5.16. The average molecular weight is 237 g/mol. The molecule has 0 unspecified atom stereocenters. The molecule has 0 amide bonds. The second-order valence-electron chi connectivity index (χ2n) is 3.50. The third-order valence-corrected chi connectivity index (χ3v) is 2.40. The van der Waals surface area contributed by atoms with Gasteiger partial charge in [-0.3, -0.25) is 0 Å². The van der Waals surface area contributed by atoms with Crippen LogP contribution in [0.25, 0.3) is 5.69 Å². The quantitative estimate of drug-likeness (QED) is 0.872. The topological polar surface area (TPSA) is 55.1 Å². The van der Waals surface area contributed by atoms with E-state index in [-0.39, 0.29) is 11.3 Å². The van der Waals surface area contributed by atoms with Crippen LogP contribution >= 0.6 is 0 Å². The van der Waals surface area contributed by atoms with Gasteiger partial charge in [0.15, 0.2) is 0 Å². The number of aromatic carboxylic acids is 1.